The van der Waals surface area contributed by atoms with Gasteiger partial charge in [0, 0.05) is 32.3 Å². The monoisotopic (exact) mass is 397 g/mol. The van der Waals surface area contributed by atoms with Crippen molar-refractivity contribution in [3.63, 3.8) is 0 Å². The number of nitro groups is 1. The fourth-order valence-corrected chi connectivity index (χ4v) is 5.65. The molecule has 0 amide bonds. The molecule has 2 aliphatic rings. The first kappa shape index (κ1) is 20.0. The van der Waals surface area contributed by atoms with Crippen LogP contribution in [0.25, 0.3) is 0 Å². The van der Waals surface area contributed by atoms with Gasteiger partial charge in [-0.25, -0.2) is 8.42 Å². The van der Waals surface area contributed by atoms with Crippen LogP contribution in [0.3, 0.4) is 0 Å². The fourth-order valence-electron chi connectivity index (χ4n) is 3.95. The molecule has 0 aromatic heterocycles. The maximum Gasteiger partial charge on any atom is 0.293 e. The van der Waals surface area contributed by atoms with Gasteiger partial charge in [0.15, 0.2) is 0 Å². The highest BCUT2D eigenvalue weighted by Crippen LogP contribution is 2.32. The average Bonchev–Trinajstić information content (AvgIpc) is 3.12. The summed E-state index contributed by atoms with van der Waals surface area (Å²) < 4.78 is 33.0. The van der Waals surface area contributed by atoms with Crippen molar-refractivity contribution in [1.82, 2.24) is 4.31 Å². The van der Waals surface area contributed by atoms with Crippen LogP contribution >= 0.6 is 0 Å². The molecule has 150 valence electrons. The van der Waals surface area contributed by atoms with Crippen molar-refractivity contribution >= 4 is 21.4 Å². The maximum absolute atomic E-state index is 13.0. The Balaban J connectivity index is 1.83. The number of nitro benzene ring substituents is 1. The molecule has 1 aromatic carbocycles. The van der Waals surface area contributed by atoms with E-state index < -0.39 is 14.9 Å². The summed E-state index contributed by atoms with van der Waals surface area (Å²) in [6, 6.07) is 4.10. The van der Waals surface area contributed by atoms with Crippen LogP contribution in [0, 0.1) is 22.0 Å². The summed E-state index contributed by atoms with van der Waals surface area (Å²) in [4.78, 5) is 10.9. The molecule has 1 aromatic rings. The van der Waals surface area contributed by atoms with Gasteiger partial charge in [-0.3, -0.25) is 10.1 Å². The molecule has 9 heteroatoms. The number of piperidine rings is 1. The first-order valence-corrected chi connectivity index (χ1v) is 10.9. The zero-order chi connectivity index (χ0) is 19.6. The lowest BCUT2D eigenvalue weighted by Gasteiger charge is -2.34. The molecule has 2 saturated heterocycles. The molecule has 27 heavy (non-hydrogen) atoms. The molecule has 0 unspecified atom stereocenters. The second-order valence-corrected chi connectivity index (χ2v) is 9.66. The highest BCUT2D eigenvalue weighted by Gasteiger charge is 2.33. The molecule has 3 rings (SSSR count). The molecular formula is C18H27N3O5S. The Labute approximate surface area is 160 Å². The number of anilines is 1. The first-order chi connectivity index (χ1) is 12.8. The molecule has 0 saturated carbocycles. The Hall–Kier alpha value is -1.71. The predicted octanol–water partition coefficient (Wildman–Crippen LogP) is 2.85. The molecular weight excluding hydrogens is 370 g/mol. The van der Waals surface area contributed by atoms with Gasteiger partial charge in [0.25, 0.3) is 5.69 Å². The van der Waals surface area contributed by atoms with Crippen molar-refractivity contribution in [1.29, 1.82) is 0 Å². The molecule has 2 heterocycles. The number of nitrogens with zero attached hydrogens (tertiary/aromatic N) is 2. The number of benzene rings is 1. The Morgan fingerprint density at radius 1 is 1.30 bits per heavy atom. The second kappa shape index (κ2) is 8.12. The molecule has 2 fully saturated rings. The summed E-state index contributed by atoms with van der Waals surface area (Å²) in [5.41, 5.74) is 0.0852. The molecule has 3 atom stereocenters. The van der Waals surface area contributed by atoms with Gasteiger partial charge in [-0.2, -0.15) is 4.31 Å². The van der Waals surface area contributed by atoms with Crippen LogP contribution in [0.4, 0.5) is 11.4 Å². The summed E-state index contributed by atoms with van der Waals surface area (Å²) in [6.45, 7) is 6.11. The van der Waals surface area contributed by atoms with Gasteiger partial charge >= 0.3 is 0 Å². The van der Waals surface area contributed by atoms with E-state index in [2.05, 4.69) is 5.32 Å². The number of nitrogens with one attached hydrogen (secondary N) is 1. The molecule has 0 radical (unpaired) electrons. The minimum Gasteiger partial charge on any atom is -0.377 e. The van der Waals surface area contributed by atoms with Gasteiger partial charge in [-0.15, -0.1) is 0 Å². The normalized spacial score (nSPS) is 26.8. The van der Waals surface area contributed by atoms with Crippen molar-refractivity contribution in [2.45, 2.75) is 44.1 Å². The van der Waals surface area contributed by atoms with E-state index in [9.17, 15) is 18.5 Å². The summed E-state index contributed by atoms with van der Waals surface area (Å²) in [5.74, 6) is 0.539. The third-order valence-corrected chi connectivity index (χ3v) is 7.01. The number of ether oxygens (including phenoxy) is 1. The van der Waals surface area contributed by atoms with E-state index in [-0.39, 0.29) is 28.5 Å². The van der Waals surface area contributed by atoms with E-state index in [0.29, 0.717) is 31.9 Å². The third kappa shape index (κ3) is 4.59. The molecule has 2 aliphatic heterocycles. The lowest BCUT2D eigenvalue weighted by atomic mass is 9.94. The van der Waals surface area contributed by atoms with Crippen molar-refractivity contribution in [2.24, 2.45) is 11.8 Å². The topological polar surface area (TPSA) is 102 Å². The van der Waals surface area contributed by atoms with Crippen LogP contribution in [0.2, 0.25) is 0 Å². The molecule has 8 nitrogen and oxygen atoms in total. The van der Waals surface area contributed by atoms with Gasteiger partial charge in [0.05, 0.1) is 15.9 Å². The quantitative estimate of drug-likeness (QED) is 0.585. The molecule has 0 spiro atoms. The van der Waals surface area contributed by atoms with Crippen LogP contribution in [0.1, 0.15) is 33.1 Å². The Kier molecular flexibility index (Phi) is 6.02. The number of hydrogen-bond acceptors (Lipinski definition) is 6. The SMILES string of the molecule is C[C@@H]1C[C@H](C)CN(S(=O)(=O)c2ccc(NC[C@@H]3CCCO3)c([N+](=O)[O-])c2)C1. The van der Waals surface area contributed by atoms with Crippen LogP contribution in [0.15, 0.2) is 23.1 Å². The standard InChI is InChI=1S/C18H27N3O5S/c1-13-8-14(2)12-20(11-13)27(24,25)16-5-6-17(18(9-16)21(22)23)19-10-15-4-3-7-26-15/h5-6,9,13-15,19H,3-4,7-8,10-12H2,1-2H3/t13-,14+,15-/m0/s1. The van der Waals surface area contributed by atoms with Crippen LogP contribution in [-0.4, -0.2) is 50.0 Å². The van der Waals surface area contributed by atoms with Crippen molar-refractivity contribution < 1.29 is 18.1 Å². The summed E-state index contributed by atoms with van der Waals surface area (Å²) >= 11 is 0. The van der Waals surface area contributed by atoms with Crippen molar-refractivity contribution in [2.75, 3.05) is 31.6 Å². The Morgan fingerprint density at radius 3 is 2.59 bits per heavy atom. The lowest BCUT2D eigenvalue weighted by Crippen LogP contribution is -2.42. The summed E-state index contributed by atoms with van der Waals surface area (Å²) in [5, 5.41) is 14.5. The summed E-state index contributed by atoms with van der Waals surface area (Å²) in [6.07, 6.45) is 2.92. The van der Waals surface area contributed by atoms with Crippen molar-refractivity contribution in [3.8, 4) is 0 Å². The van der Waals surface area contributed by atoms with Gasteiger partial charge in [-0.1, -0.05) is 13.8 Å². The number of sulfonamides is 1. The van der Waals surface area contributed by atoms with E-state index in [1.54, 1.807) is 0 Å². The second-order valence-electron chi connectivity index (χ2n) is 7.72. The van der Waals surface area contributed by atoms with Crippen molar-refractivity contribution in [3.05, 3.63) is 28.3 Å². The van der Waals surface area contributed by atoms with Gasteiger partial charge < -0.3 is 10.1 Å². The molecule has 0 aliphatic carbocycles. The minimum absolute atomic E-state index is 0.0295. The summed E-state index contributed by atoms with van der Waals surface area (Å²) in [7, 11) is -3.75. The van der Waals surface area contributed by atoms with E-state index in [1.165, 1.54) is 16.4 Å². The largest absolute Gasteiger partial charge is 0.377 e. The van der Waals surface area contributed by atoms with E-state index in [4.69, 9.17) is 4.74 Å². The lowest BCUT2D eigenvalue weighted by molar-refractivity contribution is -0.384. The fraction of sp³-hybridized carbons (Fsp3) is 0.667. The smallest absolute Gasteiger partial charge is 0.293 e. The van der Waals surface area contributed by atoms with E-state index >= 15 is 0 Å². The molecule has 1 N–H and O–H groups in total. The van der Waals surface area contributed by atoms with E-state index in [1.807, 2.05) is 13.8 Å². The maximum atomic E-state index is 13.0. The predicted molar refractivity (Wildman–Crippen MR) is 102 cm³/mol. The highest BCUT2D eigenvalue weighted by molar-refractivity contribution is 7.89. The first-order valence-electron chi connectivity index (χ1n) is 9.41. The van der Waals surface area contributed by atoms with E-state index in [0.717, 1.165) is 25.3 Å². The van der Waals surface area contributed by atoms with Gasteiger partial charge in [-0.05, 0) is 43.2 Å². The number of hydrogen-bond donors (Lipinski definition) is 1. The van der Waals surface area contributed by atoms with Gasteiger partial charge in [0.1, 0.15) is 5.69 Å². The average molecular weight is 397 g/mol. The van der Waals surface area contributed by atoms with Gasteiger partial charge in [0.2, 0.25) is 10.0 Å². The third-order valence-electron chi connectivity index (χ3n) is 5.18. The van der Waals surface area contributed by atoms with Crippen LogP contribution < -0.4 is 5.32 Å². The van der Waals surface area contributed by atoms with Crippen LogP contribution in [-0.2, 0) is 14.8 Å². The zero-order valence-electron chi connectivity index (χ0n) is 15.8. The van der Waals surface area contributed by atoms with Crippen LogP contribution in [0.5, 0.6) is 0 Å². The molecule has 0 bridgehead atoms. The number of rotatable bonds is 6. The minimum atomic E-state index is -3.75. The zero-order valence-corrected chi connectivity index (χ0v) is 16.6. The Bertz CT molecular complexity index is 782. The highest BCUT2D eigenvalue weighted by atomic mass is 32.2. The Morgan fingerprint density at radius 2 is 2.00 bits per heavy atom.